The van der Waals surface area contributed by atoms with Crippen LogP contribution in [0.25, 0.3) is 11.2 Å². The second kappa shape index (κ2) is 7.29. The summed E-state index contributed by atoms with van der Waals surface area (Å²) in [6.07, 6.45) is 5.49. The van der Waals surface area contributed by atoms with Gasteiger partial charge in [-0.25, -0.2) is 15.0 Å². The number of aliphatic hydroxyl groups is 1. The van der Waals surface area contributed by atoms with Gasteiger partial charge in [0.25, 0.3) is 0 Å². The highest BCUT2D eigenvalue weighted by Crippen LogP contribution is 2.32. The predicted molar refractivity (Wildman–Crippen MR) is 110 cm³/mol. The number of hydrogen-bond donors (Lipinski definition) is 1. The van der Waals surface area contributed by atoms with E-state index < -0.39 is 0 Å². The van der Waals surface area contributed by atoms with E-state index in [2.05, 4.69) is 35.6 Å². The molecule has 8 heteroatoms. The Hall–Kier alpha value is -2.25. The van der Waals surface area contributed by atoms with E-state index in [0.717, 1.165) is 47.9 Å². The summed E-state index contributed by atoms with van der Waals surface area (Å²) >= 11 is 6.30. The lowest BCUT2D eigenvalue weighted by Gasteiger charge is -2.26. The number of fused-ring (bicyclic) bond motifs is 1. The zero-order chi connectivity index (χ0) is 19.9. The Bertz CT molecular complexity index is 996. The standard InChI is InChI=1S/C20H25ClN6O/c1-20(2,3)19-24-17-16(18(25-19)27-9-5-6-13(27)11-28)23-12-26(17)10-15-14(21)7-4-8-22-15/h4,7-8,12-13,28H,5-6,9-11H2,1-3H3. The van der Waals surface area contributed by atoms with Crippen LogP contribution in [0.3, 0.4) is 0 Å². The van der Waals surface area contributed by atoms with Crippen molar-refractivity contribution in [3.63, 3.8) is 0 Å². The molecule has 0 aromatic carbocycles. The van der Waals surface area contributed by atoms with Crippen LogP contribution in [0.15, 0.2) is 24.7 Å². The summed E-state index contributed by atoms with van der Waals surface area (Å²) < 4.78 is 1.97. The van der Waals surface area contributed by atoms with Gasteiger partial charge >= 0.3 is 0 Å². The molecule has 1 fully saturated rings. The third-order valence-corrected chi connectivity index (χ3v) is 5.48. The normalized spacial score (nSPS) is 17.6. The van der Waals surface area contributed by atoms with E-state index in [0.29, 0.717) is 11.6 Å². The van der Waals surface area contributed by atoms with Crippen LogP contribution in [0.4, 0.5) is 5.82 Å². The minimum Gasteiger partial charge on any atom is -0.394 e. The van der Waals surface area contributed by atoms with Crippen molar-refractivity contribution in [2.45, 2.75) is 51.6 Å². The van der Waals surface area contributed by atoms with Gasteiger partial charge < -0.3 is 14.6 Å². The fourth-order valence-corrected chi connectivity index (χ4v) is 3.76. The van der Waals surface area contributed by atoms with Crippen molar-refractivity contribution >= 4 is 28.6 Å². The number of aromatic nitrogens is 5. The monoisotopic (exact) mass is 400 g/mol. The van der Waals surface area contributed by atoms with Gasteiger partial charge in [0, 0.05) is 18.2 Å². The van der Waals surface area contributed by atoms with Crippen LogP contribution in [-0.4, -0.2) is 48.8 Å². The van der Waals surface area contributed by atoms with Crippen LogP contribution in [0.5, 0.6) is 0 Å². The average Bonchev–Trinajstić information content (AvgIpc) is 3.29. The Balaban J connectivity index is 1.86. The van der Waals surface area contributed by atoms with E-state index in [1.54, 1.807) is 12.5 Å². The highest BCUT2D eigenvalue weighted by atomic mass is 35.5. The maximum Gasteiger partial charge on any atom is 0.166 e. The molecule has 0 radical (unpaired) electrons. The van der Waals surface area contributed by atoms with Crippen LogP contribution in [0.2, 0.25) is 5.02 Å². The van der Waals surface area contributed by atoms with E-state index in [1.165, 1.54) is 0 Å². The summed E-state index contributed by atoms with van der Waals surface area (Å²) in [4.78, 5) is 20.9. The van der Waals surface area contributed by atoms with E-state index in [1.807, 2.05) is 16.7 Å². The van der Waals surface area contributed by atoms with Crippen molar-refractivity contribution in [3.8, 4) is 0 Å². The topological polar surface area (TPSA) is 80.0 Å². The summed E-state index contributed by atoms with van der Waals surface area (Å²) in [5.41, 5.74) is 2.07. The Morgan fingerprint density at radius 1 is 1.25 bits per heavy atom. The number of nitrogens with zero attached hydrogens (tertiary/aromatic N) is 6. The van der Waals surface area contributed by atoms with Gasteiger partial charge in [-0.3, -0.25) is 4.98 Å². The van der Waals surface area contributed by atoms with Crippen molar-refractivity contribution in [1.29, 1.82) is 0 Å². The molecule has 4 rings (SSSR count). The molecular weight excluding hydrogens is 376 g/mol. The average molecular weight is 401 g/mol. The van der Waals surface area contributed by atoms with Gasteiger partial charge in [-0.15, -0.1) is 0 Å². The number of rotatable bonds is 4. The van der Waals surface area contributed by atoms with Crippen LogP contribution in [0, 0.1) is 0 Å². The molecule has 1 saturated heterocycles. The molecule has 1 N–H and O–H groups in total. The predicted octanol–water partition coefficient (Wildman–Crippen LogP) is 3.18. The van der Waals surface area contributed by atoms with Gasteiger partial charge in [0.05, 0.1) is 36.2 Å². The van der Waals surface area contributed by atoms with Gasteiger partial charge in [0.15, 0.2) is 17.0 Å². The number of pyridine rings is 1. The van der Waals surface area contributed by atoms with Crippen molar-refractivity contribution in [3.05, 3.63) is 41.2 Å². The second-order valence-electron chi connectivity index (χ2n) is 8.27. The van der Waals surface area contributed by atoms with Crippen molar-refractivity contribution < 1.29 is 5.11 Å². The van der Waals surface area contributed by atoms with Gasteiger partial charge in [-0.2, -0.15) is 0 Å². The highest BCUT2D eigenvalue weighted by Gasteiger charge is 2.30. The first-order valence-electron chi connectivity index (χ1n) is 9.58. The number of anilines is 1. The van der Waals surface area contributed by atoms with Crippen LogP contribution in [-0.2, 0) is 12.0 Å². The summed E-state index contributed by atoms with van der Waals surface area (Å²) in [6, 6.07) is 3.72. The number of aliphatic hydroxyl groups excluding tert-OH is 1. The van der Waals surface area contributed by atoms with Gasteiger partial charge in [-0.05, 0) is 25.0 Å². The molecule has 1 aliphatic rings. The maximum atomic E-state index is 9.80. The molecule has 0 aliphatic carbocycles. The summed E-state index contributed by atoms with van der Waals surface area (Å²) in [6.45, 7) is 7.76. The molecule has 0 amide bonds. The Kier molecular flexibility index (Phi) is 4.97. The number of imidazole rings is 1. The lowest BCUT2D eigenvalue weighted by atomic mass is 9.95. The smallest absolute Gasteiger partial charge is 0.166 e. The van der Waals surface area contributed by atoms with E-state index in [-0.39, 0.29) is 18.1 Å². The Morgan fingerprint density at radius 2 is 2.07 bits per heavy atom. The Labute approximate surface area is 169 Å². The quantitative estimate of drug-likeness (QED) is 0.724. The highest BCUT2D eigenvalue weighted by molar-refractivity contribution is 6.31. The molecule has 0 spiro atoms. The molecule has 1 aliphatic heterocycles. The first-order valence-corrected chi connectivity index (χ1v) is 9.96. The molecule has 3 aromatic heterocycles. The van der Waals surface area contributed by atoms with Gasteiger partial charge in [0.2, 0.25) is 0 Å². The molecule has 7 nitrogen and oxygen atoms in total. The number of halogens is 1. The summed E-state index contributed by atoms with van der Waals surface area (Å²) in [5, 5.41) is 10.4. The van der Waals surface area contributed by atoms with Crippen LogP contribution in [0.1, 0.15) is 45.1 Å². The first-order chi connectivity index (χ1) is 13.4. The largest absolute Gasteiger partial charge is 0.394 e. The zero-order valence-corrected chi connectivity index (χ0v) is 17.2. The lowest BCUT2D eigenvalue weighted by molar-refractivity contribution is 0.266. The van der Waals surface area contributed by atoms with E-state index in [9.17, 15) is 5.11 Å². The summed E-state index contributed by atoms with van der Waals surface area (Å²) in [5.74, 6) is 1.56. The van der Waals surface area contributed by atoms with Crippen molar-refractivity contribution in [2.24, 2.45) is 0 Å². The minimum absolute atomic E-state index is 0.0707. The SMILES string of the molecule is CC(C)(C)c1nc(N2CCCC2CO)c2ncn(Cc3ncccc3Cl)c2n1. The molecule has 1 atom stereocenters. The fraction of sp³-hybridized carbons (Fsp3) is 0.500. The first kappa shape index (κ1) is 19.1. The third-order valence-electron chi connectivity index (χ3n) is 5.13. The second-order valence-corrected chi connectivity index (χ2v) is 8.68. The van der Waals surface area contributed by atoms with Gasteiger partial charge in [0.1, 0.15) is 5.82 Å². The number of hydrogen-bond acceptors (Lipinski definition) is 6. The van der Waals surface area contributed by atoms with Crippen molar-refractivity contribution in [1.82, 2.24) is 24.5 Å². The molecule has 4 heterocycles. The molecule has 0 saturated carbocycles. The molecule has 148 valence electrons. The van der Waals surface area contributed by atoms with E-state index >= 15 is 0 Å². The minimum atomic E-state index is -0.213. The van der Waals surface area contributed by atoms with Crippen molar-refractivity contribution in [2.75, 3.05) is 18.1 Å². The third kappa shape index (κ3) is 3.44. The zero-order valence-electron chi connectivity index (χ0n) is 16.4. The molecule has 0 bridgehead atoms. The molecule has 3 aromatic rings. The van der Waals surface area contributed by atoms with Gasteiger partial charge in [-0.1, -0.05) is 32.4 Å². The lowest BCUT2D eigenvalue weighted by Crippen LogP contribution is -2.34. The van der Waals surface area contributed by atoms with Crippen LogP contribution >= 0.6 is 11.6 Å². The van der Waals surface area contributed by atoms with E-state index in [4.69, 9.17) is 21.6 Å². The molecular formula is C20H25ClN6O. The molecule has 1 unspecified atom stereocenters. The molecule has 28 heavy (non-hydrogen) atoms. The maximum absolute atomic E-state index is 9.80. The fourth-order valence-electron chi connectivity index (χ4n) is 3.58. The Morgan fingerprint density at radius 3 is 2.79 bits per heavy atom. The summed E-state index contributed by atoms with van der Waals surface area (Å²) in [7, 11) is 0. The van der Waals surface area contributed by atoms with Crippen LogP contribution < -0.4 is 4.90 Å².